The van der Waals surface area contributed by atoms with Crippen molar-refractivity contribution in [3.63, 3.8) is 0 Å². The second-order valence-electron chi connectivity index (χ2n) is 6.06. The zero-order valence-corrected chi connectivity index (χ0v) is 15.6. The van der Waals surface area contributed by atoms with Gasteiger partial charge in [-0.3, -0.25) is 4.79 Å². The third-order valence-electron chi connectivity index (χ3n) is 4.27. The molecule has 4 rings (SSSR count). The average molecular weight is 377 g/mol. The van der Waals surface area contributed by atoms with Gasteiger partial charge in [0.05, 0.1) is 4.88 Å². The van der Waals surface area contributed by atoms with Gasteiger partial charge in [0.25, 0.3) is 5.91 Å². The minimum absolute atomic E-state index is 0.0325. The summed E-state index contributed by atoms with van der Waals surface area (Å²) in [5.41, 5.74) is 1.87. The van der Waals surface area contributed by atoms with Gasteiger partial charge in [-0.05, 0) is 48.0 Å². The van der Waals surface area contributed by atoms with Crippen LogP contribution in [0.2, 0.25) is 0 Å². The van der Waals surface area contributed by atoms with Crippen LogP contribution in [0, 0.1) is 0 Å². The van der Waals surface area contributed by atoms with Crippen molar-refractivity contribution in [3.05, 3.63) is 78.2 Å². The molecule has 2 heterocycles. The molecule has 5 heteroatoms. The molecule has 0 atom stereocenters. The minimum Gasteiger partial charge on any atom is -0.486 e. The van der Waals surface area contributed by atoms with E-state index in [9.17, 15) is 4.79 Å². The lowest BCUT2D eigenvalue weighted by Gasteiger charge is -2.20. The molecule has 0 saturated heterocycles. The second kappa shape index (κ2) is 7.68. The van der Waals surface area contributed by atoms with Crippen molar-refractivity contribution in [1.29, 1.82) is 0 Å². The Kier molecular flexibility index (Phi) is 4.94. The van der Waals surface area contributed by atoms with E-state index in [0.717, 1.165) is 27.6 Å². The van der Waals surface area contributed by atoms with E-state index in [1.165, 1.54) is 11.3 Å². The Morgan fingerprint density at radius 1 is 1.04 bits per heavy atom. The van der Waals surface area contributed by atoms with Gasteiger partial charge in [0.15, 0.2) is 11.5 Å². The predicted molar refractivity (Wildman–Crippen MR) is 109 cm³/mol. The first kappa shape index (κ1) is 17.4. The number of nitrogens with zero attached hydrogens (tertiary/aromatic N) is 1. The number of hydrogen-bond acceptors (Lipinski definition) is 4. The lowest BCUT2D eigenvalue weighted by atomic mass is 10.1. The normalized spacial score (nSPS) is 12.4. The second-order valence-corrected chi connectivity index (χ2v) is 7.15. The summed E-state index contributed by atoms with van der Waals surface area (Å²) in [4.78, 5) is 16.5. The van der Waals surface area contributed by atoms with Gasteiger partial charge >= 0.3 is 0 Å². The highest BCUT2D eigenvalue weighted by Gasteiger charge is 2.19. The van der Waals surface area contributed by atoms with E-state index in [0.29, 0.717) is 24.6 Å². The lowest BCUT2D eigenvalue weighted by molar-refractivity contribution is 0.0993. The molecule has 0 fully saturated rings. The van der Waals surface area contributed by atoms with Crippen LogP contribution in [-0.4, -0.2) is 25.7 Å². The summed E-state index contributed by atoms with van der Waals surface area (Å²) >= 11 is 1.47. The monoisotopic (exact) mass is 377 g/mol. The molecular formula is C22H19NO3S. The Bertz CT molecular complexity index is 965. The van der Waals surface area contributed by atoms with Crippen LogP contribution < -0.4 is 14.4 Å². The Labute approximate surface area is 162 Å². The Morgan fingerprint density at radius 2 is 1.81 bits per heavy atom. The summed E-state index contributed by atoms with van der Waals surface area (Å²) in [6.07, 6.45) is 1.74. The first-order chi connectivity index (χ1) is 13.3. The number of thiophene rings is 1. The van der Waals surface area contributed by atoms with Crippen LogP contribution in [0.15, 0.2) is 73.3 Å². The highest BCUT2D eigenvalue weighted by atomic mass is 32.1. The van der Waals surface area contributed by atoms with E-state index >= 15 is 0 Å². The van der Waals surface area contributed by atoms with Crippen molar-refractivity contribution >= 4 is 22.9 Å². The molecule has 2 aromatic carbocycles. The molecular weight excluding hydrogens is 358 g/mol. The molecule has 3 aromatic rings. The molecule has 0 bridgehead atoms. The molecule has 1 aliphatic heterocycles. The molecule has 27 heavy (non-hydrogen) atoms. The SMILES string of the molecule is C=CCN(C(=O)c1ccc(-c2ccc3c(c2)OCCO3)s1)c1ccccc1. The first-order valence-electron chi connectivity index (χ1n) is 8.74. The molecule has 1 aromatic heterocycles. The molecule has 0 radical (unpaired) electrons. The van der Waals surface area contributed by atoms with Crippen molar-refractivity contribution < 1.29 is 14.3 Å². The number of fused-ring (bicyclic) bond motifs is 1. The highest BCUT2D eigenvalue weighted by Crippen LogP contribution is 2.37. The van der Waals surface area contributed by atoms with Crippen LogP contribution >= 0.6 is 11.3 Å². The van der Waals surface area contributed by atoms with E-state index in [1.54, 1.807) is 11.0 Å². The number of para-hydroxylation sites is 1. The topological polar surface area (TPSA) is 38.8 Å². The molecule has 0 N–H and O–H groups in total. The van der Waals surface area contributed by atoms with E-state index < -0.39 is 0 Å². The number of anilines is 1. The number of rotatable bonds is 5. The Morgan fingerprint density at radius 3 is 2.59 bits per heavy atom. The van der Waals surface area contributed by atoms with Crippen molar-refractivity contribution in [1.82, 2.24) is 0 Å². The van der Waals surface area contributed by atoms with Crippen molar-refractivity contribution in [2.45, 2.75) is 0 Å². The summed E-state index contributed by atoms with van der Waals surface area (Å²) in [6, 6.07) is 19.4. The Hall–Kier alpha value is -3.05. The molecule has 4 nitrogen and oxygen atoms in total. The smallest absolute Gasteiger partial charge is 0.268 e. The van der Waals surface area contributed by atoms with Gasteiger partial charge in [0.1, 0.15) is 13.2 Å². The minimum atomic E-state index is -0.0325. The number of amides is 1. The predicted octanol–water partition coefficient (Wildman–Crippen LogP) is 5.02. The van der Waals surface area contributed by atoms with E-state index in [4.69, 9.17) is 9.47 Å². The fourth-order valence-corrected chi connectivity index (χ4v) is 3.93. The van der Waals surface area contributed by atoms with Gasteiger partial charge in [-0.15, -0.1) is 17.9 Å². The zero-order chi connectivity index (χ0) is 18.6. The molecule has 1 amide bonds. The number of benzene rings is 2. The van der Waals surface area contributed by atoms with Crippen LogP contribution in [0.25, 0.3) is 10.4 Å². The summed E-state index contributed by atoms with van der Waals surface area (Å²) in [5, 5.41) is 0. The number of ether oxygens (including phenoxy) is 2. The standard InChI is InChI=1S/C22H19NO3S/c1-2-12-23(17-6-4-3-5-7-17)22(24)21-11-10-20(27-21)16-8-9-18-19(15-16)26-14-13-25-18/h2-11,15H,1,12-14H2. The van der Waals surface area contributed by atoms with Gasteiger partial charge < -0.3 is 14.4 Å². The summed E-state index contributed by atoms with van der Waals surface area (Å²) in [7, 11) is 0. The van der Waals surface area contributed by atoms with E-state index in [2.05, 4.69) is 6.58 Å². The summed E-state index contributed by atoms with van der Waals surface area (Å²) in [6.45, 7) is 5.36. The number of hydrogen-bond donors (Lipinski definition) is 0. The average Bonchev–Trinajstić information content (AvgIpc) is 3.22. The first-order valence-corrected chi connectivity index (χ1v) is 9.55. The molecule has 136 valence electrons. The molecule has 1 aliphatic rings. The highest BCUT2D eigenvalue weighted by molar-refractivity contribution is 7.17. The fraction of sp³-hybridized carbons (Fsp3) is 0.136. The van der Waals surface area contributed by atoms with Crippen LogP contribution in [0.1, 0.15) is 9.67 Å². The van der Waals surface area contributed by atoms with Gasteiger partial charge in [-0.25, -0.2) is 0 Å². The fourth-order valence-electron chi connectivity index (χ4n) is 2.98. The van der Waals surface area contributed by atoms with Crippen molar-refractivity contribution in [2.24, 2.45) is 0 Å². The van der Waals surface area contributed by atoms with Crippen LogP contribution in [-0.2, 0) is 0 Å². The maximum absolute atomic E-state index is 13.1. The largest absolute Gasteiger partial charge is 0.486 e. The number of carbonyl (C=O) groups excluding carboxylic acids is 1. The van der Waals surface area contributed by atoms with Crippen molar-refractivity contribution in [3.8, 4) is 21.9 Å². The summed E-state index contributed by atoms with van der Waals surface area (Å²) in [5.74, 6) is 1.48. The molecule has 0 saturated carbocycles. The third kappa shape index (κ3) is 3.59. The van der Waals surface area contributed by atoms with Crippen molar-refractivity contribution in [2.75, 3.05) is 24.7 Å². The number of carbonyl (C=O) groups is 1. The maximum atomic E-state index is 13.1. The molecule has 0 unspecified atom stereocenters. The van der Waals surface area contributed by atoms with Gasteiger partial charge in [-0.2, -0.15) is 0 Å². The molecule has 0 spiro atoms. The van der Waals surface area contributed by atoms with Gasteiger partial charge in [-0.1, -0.05) is 24.3 Å². The van der Waals surface area contributed by atoms with E-state index in [-0.39, 0.29) is 5.91 Å². The van der Waals surface area contributed by atoms with Gasteiger partial charge in [0.2, 0.25) is 0 Å². The van der Waals surface area contributed by atoms with Crippen LogP contribution in [0.5, 0.6) is 11.5 Å². The van der Waals surface area contributed by atoms with E-state index in [1.807, 2.05) is 60.7 Å². The van der Waals surface area contributed by atoms with Crippen LogP contribution in [0.4, 0.5) is 5.69 Å². The summed E-state index contributed by atoms with van der Waals surface area (Å²) < 4.78 is 11.2. The lowest BCUT2D eigenvalue weighted by Crippen LogP contribution is -2.30. The zero-order valence-electron chi connectivity index (χ0n) is 14.8. The van der Waals surface area contributed by atoms with Crippen LogP contribution in [0.3, 0.4) is 0 Å². The quantitative estimate of drug-likeness (QED) is 0.586. The Balaban J connectivity index is 1.61. The third-order valence-corrected chi connectivity index (χ3v) is 5.39. The molecule has 0 aliphatic carbocycles. The van der Waals surface area contributed by atoms with Gasteiger partial charge in [0, 0.05) is 17.1 Å². The maximum Gasteiger partial charge on any atom is 0.268 e.